The quantitative estimate of drug-likeness (QED) is 0.644. The van der Waals surface area contributed by atoms with E-state index >= 15 is 0 Å². The molecule has 2 N–H and O–H groups in total. The van der Waals surface area contributed by atoms with Gasteiger partial charge in [0.25, 0.3) is 5.56 Å². The molecule has 0 spiro atoms. The topological polar surface area (TPSA) is 70.1 Å². The van der Waals surface area contributed by atoms with Gasteiger partial charge in [-0.25, -0.2) is 4.39 Å². The van der Waals surface area contributed by atoms with Gasteiger partial charge in [-0.2, -0.15) is 0 Å². The molecule has 2 aliphatic rings. The van der Waals surface area contributed by atoms with Crippen LogP contribution in [-0.2, 0) is 0 Å². The first kappa shape index (κ1) is 16.5. The maximum atomic E-state index is 15.0. The van der Waals surface area contributed by atoms with Crippen LogP contribution in [0.25, 0.3) is 21.1 Å². The van der Waals surface area contributed by atoms with Crippen LogP contribution < -0.4 is 21.2 Å². The number of hydrogen-bond acceptors (Lipinski definition) is 5. The van der Waals surface area contributed by atoms with Gasteiger partial charge in [-0.05, 0) is 46.4 Å². The van der Waals surface area contributed by atoms with Crippen LogP contribution in [0.2, 0.25) is 0 Å². The number of aromatic nitrogens is 2. The lowest BCUT2D eigenvalue weighted by molar-refractivity contribution is 0.566. The Labute approximate surface area is 159 Å². The van der Waals surface area contributed by atoms with Crippen LogP contribution in [-0.4, -0.2) is 35.1 Å². The van der Waals surface area contributed by atoms with E-state index in [0.29, 0.717) is 33.6 Å². The highest BCUT2D eigenvalue weighted by molar-refractivity contribution is 9.10. The van der Waals surface area contributed by atoms with Crippen LogP contribution in [0, 0.1) is 5.82 Å². The van der Waals surface area contributed by atoms with Gasteiger partial charge < -0.3 is 14.8 Å². The van der Waals surface area contributed by atoms with Crippen LogP contribution in [0.5, 0.6) is 0 Å². The number of H-pyrrole nitrogens is 1. The normalized spacial score (nSPS) is 18.2. The summed E-state index contributed by atoms with van der Waals surface area (Å²) in [5, 5.41) is 3.66. The fourth-order valence-electron chi connectivity index (χ4n) is 3.77. The Hall–Kier alpha value is -1.71. The number of nitrogens with zero attached hydrogens (tertiary/aromatic N) is 2. The summed E-state index contributed by atoms with van der Waals surface area (Å²) in [6.45, 7) is 2.98. The molecular weight excluding hydrogens is 423 g/mol. The minimum absolute atomic E-state index is 0.135. The summed E-state index contributed by atoms with van der Waals surface area (Å²) < 4.78 is 20.3. The zero-order valence-corrected chi connectivity index (χ0v) is 16.2. The summed E-state index contributed by atoms with van der Waals surface area (Å²) >= 11 is 4.78. The minimum Gasteiger partial charge on any atom is -0.366 e. The second-order valence-corrected chi connectivity index (χ2v) is 8.39. The van der Waals surface area contributed by atoms with Gasteiger partial charge in [0, 0.05) is 32.2 Å². The van der Waals surface area contributed by atoms with Gasteiger partial charge in [-0.15, -0.1) is 0 Å². The van der Waals surface area contributed by atoms with E-state index in [1.807, 2.05) is 9.47 Å². The number of nitrogens with one attached hydrogen (secondary N) is 2. The number of pyridine rings is 1. The lowest BCUT2D eigenvalue weighted by Crippen LogP contribution is -2.44. The number of piperazine rings is 1. The number of halogens is 2. The Morgan fingerprint density at radius 2 is 1.96 bits per heavy atom. The molecule has 5 rings (SSSR count). The van der Waals surface area contributed by atoms with Gasteiger partial charge in [0.05, 0.1) is 21.1 Å². The fraction of sp³-hybridized carbons (Fsp3) is 0.412. The van der Waals surface area contributed by atoms with E-state index in [9.17, 15) is 14.0 Å². The largest absolute Gasteiger partial charge is 0.366 e. The Balaban J connectivity index is 1.92. The predicted molar refractivity (Wildman–Crippen MR) is 105 cm³/mol. The number of fused-ring (bicyclic) bond motifs is 2. The second kappa shape index (κ2) is 5.90. The highest BCUT2D eigenvalue weighted by Gasteiger charge is 2.31. The highest BCUT2D eigenvalue weighted by atomic mass is 79.9. The van der Waals surface area contributed by atoms with E-state index in [1.54, 1.807) is 0 Å². The van der Waals surface area contributed by atoms with Crippen LogP contribution in [0.4, 0.5) is 10.1 Å². The molecule has 0 radical (unpaired) electrons. The molecule has 26 heavy (non-hydrogen) atoms. The van der Waals surface area contributed by atoms with Crippen molar-refractivity contribution in [2.75, 3.05) is 31.1 Å². The SMILES string of the molecule is O=c1[nH]sc2c1c(=O)c1cc(F)c(N3CCNCC3)c(Br)c1n2C1CC1. The summed E-state index contributed by atoms with van der Waals surface area (Å²) in [4.78, 5) is 27.7. The van der Waals surface area contributed by atoms with E-state index in [0.717, 1.165) is 25.9 Å². The van der Waals surface area contributed by atoms with Gasteiger partial charge in [0.2, 0.25) is 5.43 Å². The maximum absolute atomic E-state index is 15.0. The number of anilines is 1. The molecule has 0 unspecified atom stereocenters. The fourth-order valence-corrected chi connectivity index (χ4v) is 5.53. The molecule has 0 bridgehead atoms. The average Bonchev–Trinajstić information content (AvgIpc) is 3.39. The van der Waals surface area contributed by atoms with Crippen molar-refractivity contribution in [3.63, 3.8) is 0 Å². The zero-order chi connectivity index (χ0) is 18.0. The number of benzene rings is 1. The molecule has 9 heteroatoms. The molecule has 1 aromatic carbocycles. The zero-order valence-electron chi connectivity index (χ0n) is 13.8. The highest BCUT2D eigenvalue weighted by Crippen LogP contribution is 2.44. The summed E-state index contributed by atoms with van der Waals surface area (Å²) in [5.74, 6) is -0.434. The van der Waals surface area contributed by atoms with Crippen molar-refractivity contribution in [3.05, 3.63) is 36.9 Å². The maximum Gasteiger partial charge on any atom is 0.271 e. The molecule has 2 aromatic heterocycles. The first-order valence-corrected chi connectivity index (χ1v) is 10.2. The van der Waals surface area contributed by atoms with E-state index in [-0.39, 0.29) is 16.8 Å². The van der Waals surface area contributed by atoms with Gasteiger partial charge in [-0.3, -0.25) is 14.0 Å². The Morgan fingerprint density at radius 1 is 1.23 bits per heavy atom. The molecular formula is C17H16BrFN4O2S. The minimum atomic E-state index is -0.434. The molecule has 1 aliphatic carbocycles. The monoisotopic (exact) mass is 438 g/mol. The van der Waals surface area contributed by atoms with E-state index in [4.69, 9.17) is 0 Å². The average molecular weight is 439 g/mol. The molecule has 3 aromatic rings. The predicted octanol–water partition coefficient (Wildman–Crippen LogP) is 2.55. The summed E-state index contributed by atoms with van der Waals surface area (Å²) in [7, 11) is 0. The summed E-state index contributed by atoms with van der Waals surface area (Å²) in [6, 6.07) is 1.54. The summed E-state index contributed by atoms with van der Waals surface area (Å²) in [5.41, 5.74) is 0.389. The van der Waals surface area contributed by atoms with Gasteiger partial charge in [-0.1, -0.05) is 0 Å². The van der Waals surface area contributed by atoms with Crippen LogP contribution in [0.15, 0.2) is 20.1 Å². The first-order chi connectivity index (χ1) is 12.6. The lowest BCUT2D eigenvalue weighted by Gasteiger charge is -2.31. The molecule has 1 saturated carbocycles. The van der Waals surface area contributed by atoms with Crippen molar-refractivity contribution in [1.29, 1.82) is 0 Å². The van der Waals surface area contributed by atoms with Crippen molar-refractivity contribution in [2.45, 2.75) is 18.9 Å². The van der Waals surface area contributed by atoms with Crippen LogP contribution >= 0.6 is 27.5 Å². The van der Waals surface area contributed by atoms with E-state index < -0.39 is 16.8 Å². The Bertz CT molecular complexity index is 1160. The van der Waals surface area contributed by atoms with Crippen molar-refractivity contribution >= 4 is 54.3 Å². The second-order valence-electron chi connectivity index (χ2n) is 6.80. The third-order valence-electron chi connectivity index (χ3n) is 5.13. The smallest absolute Gasteiger partial charge is 0.271 e. The molecule has 0 atom stereocenters. The van der Waals surface area contributed by atoms with Gasteiger partial charge in [0.15, 0.2) is 0 Å². The first-order valence-electron chi connectivity index (χ1n) is 8.61. The third-order valence-corrected chi connectivity index (χ3v) is 6.76. The van der Waals surface area contributed by atoms with Crippen molar-refractivity contribution in [1.82, 2.24) is 14.3 Å². The Morgan fingerprint density at radius 3 is 2.65 bits per heavy atom. The van der Waals surface area contributed by atoms with E-state index in [1.165, 1.54) is 17.6 Å². The number of aromatic amines is 1. The molecule has 0 amide bonds. The molecule has 136 valence electrons. The van der Waals surface area contributed by atoms with Crippen molar-refractivity contribution in [2.24, 2.45) is 0 Å². The van der Waals surface area contributed by atoms with Crippen molar-refractivity contribution in [3.8, 4) is 0 Å². The molecule has 2 fully saturated rings. The number of rotatable bonds is 2. The van der Waals surface area contributed by atoms with Gasteiger partial charge >= 0.3 is 0 Å². The summed E-state index contributed by atoms with van der Waals surface area (Å²) in [6.07, 6.45) is 1.98. The molecule has 3 heterocycles. The number of hydrogen-bond donors (Lipinski definition) is 2. The molecule has 1 aliphatic heterocycles. The van der Waals surface area contributed by atoms with E-state index in [2.05, 4.69) is 25.6 Å². The Kier molecular flexibility index (Phi) is 3.74. The standard InChI is InChI=1S/C17H16BrFN4O2S/c18-12-13-9(7-10(19)14(12)22-5-3-20-4-6-22)15(24)11-16(25)21-26-17(11)23(13)8-1-2-8/h7-8,20H,1-6H2,(H,21,25). The molecule has 1 saturated heterocycles. The molecule has 6 nitrogen and oxygen atoms in total. The van der Waals surface area contributed by atoms with Crippen molar-refractivity contribution < 1.29 is 4.39 Å². The van der Waals surface area contributed by atoms with Gasteiger partial charge in [0.1, 0.15) is 16.0 Å². The third kappa shape index (κ3) is 2.30. The van der Waals surface area contributed by atoms with Crippen LogP contribution in [0.1, 0.15) is 18.9 Å². The lowest BCUT2D eigenvalue weighted by atomic mass is 10.1. The van der Waals surface area contributed by atoms with Crippen LogP contribution in [0.3, 0.4) is 0 Å².